The highest BCUT2D eigenvalue weighted by molar-refractivity contribution is 9.10. The Hall–Kier alpha value is -2.48. The van der Waals surface area contributed by atoms with E-state index in [0.29, 0.717) is 36.3 Å². The van der Waals surface area contributed by atoms with Crippen LogP contribution in [0.5, 0.6) is 0 Å². The van der Waals surface area contributed by atoms with Gasteiger partial charge in [-0.1, -0.05) is 47.1 Å². The van der Waals surface area contributed by atoms with E-state index in [1.54, 1.807) is 17.0 Å². The summed E-state index contributed by atoms with van der Waals surface area (Å²) in [7, 11) is 0. The van der Waals surface area contributed by atoms with Gasteiger partial charge in [-0.2, -0.15) is 0 Å². The predicted octanol–water partition coefficient (Wildman–Crippen LogP) is 4.00. The fourth-order valence-corrected chi connectivity index (χ4v) is 4.94. The quantitative estimate of drug-likeness (QED) is 0.534. The fourth-order valence-electron chi connectivity index (χ4n) is 4.58. The van der Waals surface area contributed by atoms with E-state index in [2.05, 4.69) is 39.9 Å². The minimum atomic E-state index is -0.455. The molecule has 1 unspecified atom stereocenters. The van der Waals surface area contributed by atoms with Crippen molar-refractivity contribution in [3.8, 4) is 0 Å². The van der Waals surface area contributed by atoms with E-state index in [9.17, 15) is 9.59 Å². The summed E-state index contributed by atoms with van der Waals surface area (Å²) >= 11 is 3.44. The third-order valence-corrected chi connectivity index (χ3v) is 6.89. The van der Waals surface area contributed by atoms with Gasteiger partial charge in [0.05, 0.1) is 30.2 Å². The molecule has 0 saturated carbocycles. The highest BCUT2D eigenvalue weighted by Crippen LogP contribution is 2.38. The average Bonchev–Trinajstić information content (AvgIpc) is 3.10. The zero-order chi connectivity index (χ0) is 22.2. The number of halogens is 1. The van der Waals surface area contributed by atoms with Crippen molar-refractivity contribution in [2.24, 2.45) is 0 Å². The maximum absolute atomic E-state index is 13.6. The van der Waals surface area contributed by atoms with Crippen molar-refractivity contribution >= 4 is 32.8 Å². The number of rotatable bonds is 5. The fraction of sp³-hybridized carbons (Fsp3) is 0.360. The molecule has 2 aromatic carbocycles. The van der Waals surface area contributed by atoms with E-state index < -0.39 is 6.04 Å². The van der Waals surface area contributed by atoms with Gasteiger partial charge in [-0.05, 0) is 35.7 Å². The Labute approximate surface area is 194 Å². The Balaban J connectivity index is 1.60. The number of morpholine rings is 1. The highest BCUT2D eigenvalue weighted by Gasteiger charge is 2.42. The molecule has 3 aromatic rings. The summed E-state index contributed by atoms with van der Waals surface area (Å²) in [5, 5.41) is 0.483. The van der Waals surface area contributed by atoms with Gasteiger partial charge < -0.3 is 14.1 Å². The number of carbonyl (C=O) groups is 1. The number of hydrogen-bond donors (Lipinski definition) is 0. The van der Waals surface area contributed by atoms with Crippen LogP contribution in [0.2, 0.25) is 0 Å². The van der Waals surface area contributed by atoms with Gasteiger partial charge in [-0.15, -0.1) is 0 Å². The third-order valence-electron chi connectivity index (χ3n) is 6.39. The molecule has 0 bridgehead atoms. The molecule has 0 N–H and O–H groups in total. The van der Waals surface area contributed by atoms with Gasteiger partial charge in [0.15, 0.2) is 5.43 Å². The summed E-state index contributed by atoms with van der Waals surface area (Å²) in [5.41, 5.74) is 2.87. The second-order valence-electron chi connectivity index (χ2n) is 8.26. The highest BCUT2D eigenvalue weighted by atomic mass is 79.9. The molecule has 1 atom stereocenters. The van der Waals surface area contributed by atoms with Crippen molar-refractivity contribution in [2.75, 3.05) is 39.4 Å². The number of benzene rings is 2. The molecule has 7 heteroatoms. The molecule has 3 heterocycles. The molecular formula is C25H25BrN2O4. The monoisotopic (exact) mass is 496 g/mol. The topological polar surface area (TPSA) is 63.0 Å². The largest absolute Gasteiger partial charge is 0.450 e. The summed E-state index contributed by atoms with van der Waals surface area (Å²) < 4.78 is 12.3. The van der Waals surface area contributed by atoms with E-state index in [1.807, 2.05) is 18.2 Å². The molecule has 1 aromatic heterocycles. The van der Waals surface area contributed by atoms with Gasteiger partial charge in [-0.25, -0.2) is 0 Å². The van der Waals surface area contributed by atoms with Crippen LogP contribution in [0.1, 0.15) is 40.2 Å². The first-order chi connectivity index (χ1) is 15.6. The molecular weight excluding hydrogens is 472 g/mol. The second-order valence-corrected chi connectivity index (χ2v) is 9.18. The molecule has 0 aliphatic carbocycles. The van der Waals surface area contributed by atoms with E-state index in [1.165, 1.54) is 5.56 Å². The molecule has 2 aliphatic heterocycles. The van der Waals surface area contributed by atoms with E-state index in [0.717, 1.165) is 36.1 Å². The van der Waals surface area contributed by atoms with Gasteiger partial charge in [0.25, 0.3) is 5.91 Å². The van der Waals surface area contributed by atoms with E-state index >= 15 is 0 Å². The Kier molecular flexibility index (Phi) is 5.88. The van der Waals surface area contributed by atoms with Crippen LogP contribution in [-0.4, -0.2) is 55.1 Å². The maximum Gasteiger partial charge on any atom is 0.290 e. The molecule has 0 radical (unpaired) electrons. The molecule has 1 fully saturated rings. The van der Waals surface area contributed by atoms with Gasteiger partial charge in [0.2, 0.25) is 5.76 Å². The summed E-state index contributed by atoms with van der Waals surface area (Å²) in [6, 6.07) is 13.0. The van der Waals surface area contributed by atoms with Gasteiger partial charge >= 0.3 is 0 Å². The predicted molar refractivity (Wildman–Crippen MR) is 126 cm³/mol. The van der Waals surface area contributed by atoms with Crippen LogP contribution in [-0.2, 0) is 11.2 Å². The van der Waals surface area contributed by atoms with Gasteiger partial charge in [0, 0.05) is 30.7 Å². The lowest BCUT2D eigenvalue weighted by atomic mass is 9.97. The van der Waals surface area contributed by atoms with E-state index in [4.69, 9.17) is 9.15 Å². The lowest BCUT2D eigenvalue weighted by Crippen LogP contribution is -2.42. The van der Waals surface area contributed by atoms with Crippen LogP contribution in [0.3, 0.4) is 0 Å². The smallest absolute Gasteiger partial charge is 0.290 e. The second kappa shape index (κ2) is 8.81. The molecule has 6 nitrogen and oxygen atoms in total. The lowest BCUT2D eigenvalue weighted by molar-refractivity contribution is 0.0314. The van der Waals surface area contributed by atoms with Crippen molar-refractivity contribution < 1.29 is 13.9 Å². The average molecular weight is 497 g/mol. The molecule has 0 spiro atoms. The van der Waals surface area contributed by atoms with Crippen LogP contribution in [0.15, 0.2) is 56.1 Å². The number of hydrogen-bond acceptors (Lipinski definition) is 5. The minimum absolute atomic E-state index is 0.144. The number of amides is 1. The first-order valence-electron chi connectivity index (χ1n) is 11.0. The Morgan fingerprint density at radius 3 is 2.50 bits per heavy atom. The van der Waals surface area contributed by atoms with Crippen molar-refractivity contribution in [1.29, 1.82) is 0 Å². The number of fused-ring (bicyclic) bond motifs is 2. The van der Waals surface area contributed by atoms with Crippen LogP contribution in [0.4, 0.5) is 0 Å². The Morgan fingerprint density at radius 2 is 1.78 bits per heavy atom. The van der Waals surface area contributed by atoms with Crippen LogP contribution in [0.25, 0.3) is 11.0 Å². The number of carbonyl (C=O) groups excluding carboxylic acids is 1. The number of aryl methyl sites for hydroxylation is 1. The normalized spacial score (nSPS) is 19.0. The van der Waals surface area contributed by atoms with Gasteiger partial charge in [0.1, 0.15) is 5.58 Å². The zero-order valence-corrected chi connectivity index (χ0v) is 19.6. The molecule has 32 heavy (non-hydrogen) atoms. The van der Waals surface area contributed by atoms with Crippen molar-refractivity contribution in [3.05, 3.63) is 79.6 Å². The number of nitrogens with zero attached hydrogens (tertiary/aromatic N) is 2. The first-order valence-corrected chi connectivity index (χ1v) is 11.8. The molecule has 166 valence electrons. The minimum Gasteiger partial charge on any atom is -0.450 e. The maximum atomic E-state index is 13.6. The summed E-state index contributed by atoms with van der Waals surface area (Å²) in [6.07, 6.45) is 0.933. The van der Waals surface area contributed by atoms with Crippen molar-refractivity contribution in [2.45, 2.75) is 19.4 Å². The molecule has 1 saturated heterocycles. The molecule has 1 amide bonds. The third kappa shape index (κ3) is 3.78. The van der Waals surface area contributed by atoms with E-state index in [-0.39, 0.29) is 17.1 Å². The standard InChI is InChI=1S/C25H25BrN2O4/c1-2-16-3-5-17(6-4-16)22-21-23(29)19-15-18(26)7-8-20(19)32-24(21)25(30)28(22)10-9-27-11-13-31-14-12-27/h3-8,15,22H,2,9-14H2,1H3. The SMILES string of the molecule is CCc1ccc(C2c3c(oc4ccc(Br)cc4c3=O)C(=O)N2CCN2CCOCC2)cc1. The summed E-state index contributed by atoms with van der Waals surface area (Å²) in [4.78, 5) is 31.2. The van der Waals surface area contributed by atoms with Crippen molar-refractivity contribution in [3.63, 3.8) is 0 Å². The van der Waals surface area contributed by atoms with Gasteiger partial charge in [-0.3, -0.25) is 14.5 Å². The summed E-state index contributed by atoms with van der Waals surface area (Å²) in [5.74, 6) is -0.0592. The molecule has 2 aliphatic rings. The Morgan fingerprint density at radius 1 is 1.03 bits per heavy atom. The Bertz CT molecular complexity index is 1220. The summed E-state index contributed by atoms with van der Waals surface area (Å²) in [6.45, 7) is 6.46. The number of ether oxygens (including phenoxy) is 1. The zero-order valence-electron chi connectivity index (χ0n) is 18.0. The van der Waals surface area contributed by atoms with Crippen LogP contribution < -0.4 is 5.43 Å². The lowest BCUT2D eigenvalue weighted by Gasteiger charge is -2.31. The molecule has 5 rings (SSSR count). The van der Waals surface area contributed by atoms with Crippen LogP contribution >= 0.6 is 15.9 Å². The van der Waals surface area contributed by atoms with Crippen molar-refractivity contribution in [1.82, 2.24) is 9.80 Å². The first kappa shape index (κ1) is 21.4. The van der Waals surface area contributed by atoms with Crippen LogP contribution in [0, 0.1) is 0 Å².